The summed E-state index contributed by atoms with van der Waals surface area (Å²) >= 11 is 6.51. The maximum atomic E-state index is 13.6. The summed E-state index contributed by atoms with van der Waals surface area (Å²) in [5, 5.41) is 9.10. The third-order valence-electron chi connectivity index (χ3n) is 8.89. The average molecular weight is 636 g/mol. The fourth-order valence-corrected chi connectivity index (χ4v) is 6.45. The van der Waals surface area contributed by atoms with Crippen LogP contribution in [0.15, 0.2) is 42.5 Å². The molecule has 4 atom stereocenters. The normalized spacial score (nSPS) is 25.0. The number of hydrogen-bond donors (Lipinski definition) is 3. The van der Waals surface area contributed by atoms with Gasteiger partial charge in [0.05, 0.1) is 35.9 Å². The molecule has 3 heterocycles. The van der Waals surface area contributed by atoms with Crippen molar-refractivity contribution in [1.29, 1.82) is 0 Å². The van der Waals surface area contributed by atoms with Gasteiger partial charge in [0, 0.05) is 68.8 Å². The molecule has 0 unspecified atom stereocenters. The summed E-state index contributed by atoms with van der Waals surface area (Å²) in [6.45, 7) is 5.10. The van der Waals surface area contributed by atoms with Crippen LogP contribution in [0.2, 0.25) is 5.02 Å². The van der Waals surface area contributed by atoms with Crippen LogP contribution in [-0.2, 0) is 20.9 Å². The Labute approximate surface area is 268 Å². The van der Waals surface area contributed by atoms with E-state index in [1.807, 2.05) is 12.1 Å². The van der Waals surface area contributed by atoms with Crippen molar-refractivity contribution in [2.45, 2.75) is 56.5 Å². The minimum atomic E-state index is -1.03. The van der Waals surface area contributed by atoms with Gasteiger partial charge >= 0.3 is 0 Å². The Hall–Kier alpha value is -3.49. The van der Waals surface area contributed by atoms with Gasteiger partial charge in [0.15, 0.2) is 0 Å². The van der Waals surface area contributed by atoms with E-state index in [0.717, 1.165) is 51.3 Å². The van der Waals surface area contributed by atoms with Crippen LogP contribution in [0, 0.1) is 17.8 Å². The fourth-order valence-electron chi connectivity index (χ4n) is 6.18. The Balaban J connectivity index is 1.03. The Morgan fingerprint density at radius 3 is 2.44 bits per heavy atom. The molecule has 238 valence electrons. The van der Waals surface area contributed by atoms with Crippen LogP contribution in [0.25, 0.3) is 0 Å². The minimum absolute atomic E-state index is 0.0116. The molecule has 1 saturated carbocycles. The predicted molar refractivity (Wildman–Crippen MR) is 168 cm³/mol. The lowest BCUT2D eigenvalue weighted by molar-refractivity contribution is -0.133. The van der Waals surface area contributed by atoms with Gasteiger partial charge in [-0.1, -0.05) is 35.6 Å². The van der Waals surface area contributed by atoms with Crippen LogP contribution >= 0.6 is 11.6 Å². The monoisotopic (exact) mass is 635 g/mol. The number of benzene rings is 2. The third kappa shape index (κ3) is 8.22. The van der Waals surface area contributed by atoms with E-state index < -0.39 is 12.2 Å². The number of halogens is 2. The van der Waals surface area contributed by atoms with Crippen molar-refractivity contribution in [3.63, 3.8) is 0 Å². The largest absolute Gasteiger partial charge is 0.379 e. The number of amides is 3. The highest BCUT2D eigenvalue weighted by atomic mass is 35.5. The van der Waals surface area contributed by atoms with Gasteiger partial charge in [-0.25, -0.2) is 4.39 Å². The Morgan fingerprint density at radius 2 is 1.76 bits per heavy atom. The number of rotatable bonds is 8. The van der Waals surface area contributed by atoms with E-state index in [2.05, 4.69) is 44.8 Å². The maximum Gasteiger partial charge on any atom is 0.252 e. The van der Waals surface area contributed by atoms with Gasteiger partial charge in [-0.3, -0.25) is 19.3 Å². The first kappa shape index (κ1) is 31.5. The van der Waals surface area contributed by atoms with Crippen LogP contribution in [0.1, 0.15) is 52.7 Å². The molecule has 3 amide bonds. The van der Waals surface area contributed by atoms with Crippen molar-refractivity contribution < 1.29 is 23.5 Å². The zero-order valence-electron chi connectivity index (χ0n) is 25.2. The van der Waals surface area contributed by atoms with Crippen molar-refractivity contribution in [1.82, 2.24) is 25.8 Å². The second-order valence-corrected chi connectivity index (χ2v) is 12.8. The van der Waals surface area contributed by atoms with Crippen LogP contribution in [0.3, 0.4) is 0 Å². The van der Waals surface area contributed by atoms with Crippen molar-refractivity contribution in [2.75, 3.05) is 45.9 Å². The summed E-state index contributed by atoms with van der Waals surface area (Å²) in [5.41, 5.74) is 3.14. The highest BCUT2D eigenvalue weighted by Gasteiger charge is 2.42. The molecule has 0 bridgehead atoms. The van der Waals surface area contributed by atoms with Gasteiger partial charge in [0.25, 0.3) is 5.91 Å². The number of nitrogens with zero attached hydrogens (tertiary/aromatic N) is 2. The SMILES string of the molecule is O=C(NC[C@H]1C[C@@H](NC(=O)[C@@H]2C[C@H](F)CN2)CN1C(=O)C1CC1)c1ccc(C#Cc2ccc(CN3CCOCC3)cc2)cc1Cl. The first-order valence-corrected chi connectivity index (χ1v) is 16.2. The molecule has 4 fully saturated rings. The zero-order valence-corrected chi connectivity index (χ0v) is 26.0. The minimum Gasteiger partial charge on any atom is -0.379 e. The Morgan fingerprint density at radius 1 is 1.02 bits per heavy atom. The average Bonchev–Trinajstić information content (AvgIpc) is 3.68. The summed E-state index contributed by atoms with van der Waals surface area (Å²) in [6.07, 6.45) is 1.35. The molecular weight excluding hydrogens is 597 g/mol. The number of likely N-dealkylation sites (tertiary alicyclic amines) is 1. The van der Waals surface area contributed by atoms with E-state index in [9.17, 15) is 18.8 Å². The summed E-state index contributed by atoms with van der Waals surface area (Å²) in [5.74, 6) is 5.77. The molecular formula is C34H39ClFN5O4. The van der Waals surface area contributed by atoms with E-state index in [1.54, 1.807) is 23.1 Å². The van der Waals surface area contributed by atoms with Crippen molar-refractivity contribution in [3.8, 4) is 11.8 Å². The standard InChI is InChI=1S/C34H39ClFN5O4/c35-30-15-23(4-1-22-2-5-24(6-3-22)20-40-11-13-45-14-12-40)7-10-29(30)32(42)38-19-28-17-27(21-41(28)34(44)25-8-9-25)39-33(43)31-16-26(36)18-37-31/h2-3,5-7,10,15,25-28,31,37H,8-9,11-14,16-21H2,(H,38,42)(H,39,43)/t26-,27+,28+,31-/m0/s1. The molecule has 6 rings (SSSR count). The summed E-state index contributed by atoms with van der Waals surface area (Å²) in [4.78, 5) is 42.9. The van der Waals surface area contributed by atoms with Gasteiger partial charge < -0.3 is 25.6 Å². The number of carbonyl (C=O) groups excluding carboxylic acids is 3. The van der Waals surface area contributed by atoms with Gasteiger partial charge in [0.2, 0.25) is 11.8 Å². The van der Waals surface area contributed by atoms with Gasteiger partial charge in [-0.2, -0.15) is 0 Å². The summed E-state index contributed by atoms with van der Waals surface area (Å²) < 4.78 is 19.0. The lowest BCUT2D eigenvalue weighted by Crippen LogP contribution is -2.46. The third-order valence-corrected chi connectivity index (χ3v) is 9.20. The van der Waals surface area contributed by atoms with Crippen molar-refractivity contribution >= 4 is 29.3 Å². The molecule has 2 aromatic rings. The maximum absolute atomic E-state index is 13.6. The van der Waals surface area contributed by atoms with Crippen molar-refractivity contribution in [3.05, 3.63) is 69.7 Å². The summed E-state index contributed by atoms with van der Waals surface area (Å²) in [7, 11) is 0. The molecule has 0 spiro atoms. The number of hydrogen-bond acceptors (Lipinski definition) is 6. The molecule has 0 radical (unpaired) electrons. The first-order valence-electron chi connectivity index (χ1n) is 15.8. The molecule has 1 aliphatic carbocycles. The van der Waals surface area contributed by atoms with E-state index >= 15 is 0 Å². The van der Waals surface area contributed by atoms with Crippen LogP contribution in [0.5, 0.6) is 0 Å². The first-order chi connectivity index (χ1) is 21.8. The molecule has 11 heteroatoms. The molecule has 3 saturated heterocycles. The summed E-state index contributed by atoms with van der Waals surface area (Å²) in [6, 6.07) is 12.2. The number of alkyl halides is 1. The lowest BCUT2D eigenvalue weighted by atomic mass is 10.1. The molecule has 3 aliphatic heterocycles. The van der Waals surface area contributed by atoms with Gasteiger partial charge in [-0.05, 0) is 55.2 Å². The lowest BCUT2D eigenvalue weighted by Gasteiger charge is -2.26. The van der Waals surface area contributed by atoms with E-state index in [-0.39, 0.29) is 60.3 Å². The highest BCUT2D eigenvalue weighted by molar-refractivity contribution is 6.34. The molecule has 9 nitrogen and oxygen atoms in total. The quantitative estimate of drug-likeness (QED) is 0.386. The number of nitrogens with one attached hydrogen (secondary N) is 3. The van der Waals surface area contributed by atoms with Gasteiger partial charge in [-0.15, -0.1) is 0 Å². The second kappa shape index (κ2) is 14.3. The molecule has 2 aromatic carbocycles. The number of morpholine rings is 1. The number of carbonyl (C=O) groups is 3. The second-order valence-electron chi connectivity index (χ2n) is 12.4. The highest BCUT2D eigenvalue weighted by Crippen LogP contribution is 2.34. The van der Waals surface area contributed by atoms with E-state index in [1.165, 1.54) is 5.56 Å². The molecule has 0 aromatic heterocycles. The molecule has 4 aliphatic rings. The number of ether oxygens (including phenoxy) is 1. The van der Waals surface area contributed by atoms with Gasteiger partial charge in [0.1, 0.15) is 6.17 Å². The van der Waals surface area contributed by atoms with Crippen LogP contribution in [-0.4, -0.2) is 97.8 Å². The Bertz CT molecular complexity index is 1470. The van der Waals surface area contributed by atoms with Crippen LogP contribution in [0.4, 0.5) is 4.39 Å². The van der Waals surface area contributed by atoms with E-state index in [4.69, 9.17) is 16.3 Å². The fraction of sp³-hybridized carbons (Fsp3) is 0.500. The topological polar surface area (TPSA) is 103 Å². The van der Waals surface area contributed by atoms with Crippen molar-refractivity contribution in [2.24, 2.45) is 5.92 Å². The molecule has 45 heavy (non-hydrogen) atoms. The smallest absolute Gasteiger partial charge is 0.252 e. The van der Waals surface area contributed by atoms with Crippen LogP contribution < -0.4 is 16.0 Å². The molecule has 3 N–H and O–H groups in total. The Kier molecular flexibility index (Phi) is 10.0. The predicted octanol–water partition coefficient (Wildman–Crippen LogP) is 2.50. The zero-order chi connectivity index (χ0) is 31.3. The van der Waals surface area contributed by atoms with E-state index in [0.29, 0.717) is 24.1 Å².